The van der Waals surface area contributed by atoms with Crippen molar-refractivity contribution >= 4 is 33.7 Å². The Balaban J connectivity index is 1.66. The van der Waals surface area contributed by atoms with Crippen LogP contribution in [0.15, 0.2) is 53.0 Å². The number of piperazine rings is 1. The van der Waals surface area contributed by atoms with Gasteiger partial charge in [-0.25, -0.2) is 0 Å². The van der Waals surface area contributed by atoms with Crippen molar-refractivity contribution in [2.75, 3.05) is 19.7 Å². The number of nitrogens with zero attached hydrogens (tertiary/aromatic N) is 1. The minimum absolute atomic E-state index is 0.119. The molecule has 2 aromatic carbocycles. The van der Waals surface area contributed by atoms with E-state index < -0.39 is 12.0 Å². The van der Waals surface area contributed by atoms with Crippen LogP contribution in [0.3, 0.4) is 0 Å². The Labute approximate surface area is 196 Å². The fourth-order valence-electron chi connectivity index (χ4n) is 3.36. The maximum absolute atomic E-state index is 13.2. The van der Waals surface area contributed by atoms with Gasteiger partial charge in [0.2, 0.25) is 5.91 Å². The maximum atomic E-state index is 13.2. The molecule has 0 radical (unpaired) electrons. The van der Waals surface area contributed by atoms with Crippen molar-refractivity contribution in [3.05, 3.63) is 64.1 Å². The highest BCUT2D eigenvalue weighted by Gasteiger charge is 2.35. The first-order valence-electron chi connectivity index (χ1n) is 10.7. The first-order valence-corrected chi connectivity index (χ1v) is 11.5. The van der Waals surface area contributed by atoms with Gasteiger partial charge in [0, 0.05) is 18.7 Å². The van der Waals surface area contributed by atoms with E-state index in [0.29, 0.717) is 35.5 Å². The number of hydrogen-bond donors (Lipinski definition) is 1. The Morgan fingerprint density at radius 2 is 1.97 bits per heavy atom. The molecule has 0 saturated carbocycles. The number of nitrogens with one attached hydrogen (secondary N) is 1. The Kier molecular flexibility index (Phi) is 8.67. The quantitative estimate of drug-likeness (QED) is 0.417. The van der Waals surface area contributed by atoms with Crippen LogP contribution in [-0.4, -0.2) is 48.4 Å². The van der Waals surface area contributed by atoms with Crippen molar-refractivity contribution in [2.45, 2.75) is 38.8 Å². The lowest BCUT2D eigenvalue weighted by atomic mass is 10.1. The molecule has 1 heterocycles. The topological polar surface area (TPSA) is 84.9 Å². The molecule has 3 rings (SSSR count). The molecule has 1 aliphatic heterocycles. The number of esters is 1. The molecule has 1 saturated heterocycles. The molecule has 0 bridgehead atoms. The summed E-state index contributed by atoms with van der Waals surface area (Å²) in [4.78, 5) is 39.5. The number of hydrogen-bond acceptors (Lipinski definition) is 5. The van der Waals surface area contributed by atoms with Crippen LogP contribution in [-0.2, 0) is 20.9 Å². The van der Waals surface area contributed by atoms with Crippen LogP contribution in [0.2, 0.25) is 0 Å². The summed E-state index contributed by atoms with van der Waals surface area (Å²) in [6, 6.07) is 13.5. The number of unbranched alkanes of at least 4 members (excludes halogenated alkanes) is 1. The molecule has 32 heavy (non-hydrogen) atoms. The first kappa shape index (κ1) is 23.8. The second-order valence-corrected chi connectivity index (χ2v) is 8.36. The lowest BCUT2D eigenvalue weighted by Crippen LogP contribution is -2.57. The molecule has 1 N–H and O–H groups in total. The van der Waals surface area contributed by atoms with Gasteiger partial charge < -0.3 is 19.7 Å². The van der Waals surface area contributed by atoms with Crippen LogP contribution in [0.25, 0.3) is 0 Å². The lowest BCUT2D eigenvalue weighted by Gasteiger charge is -2.34. The number of carbonyl (C=O) groups excluding carboxylic acids is 3. The normalized spacial score (nSPS) is 15.8. The average Bonchev–Trinajstić information content (AvgIpc) is 2.80. The molecule has 0 spiro atoms. The Bertz CT molecular complexity index is 951. The van der Waals surface area contributed by atoms with E-state index in [2.05, 4.69) is 28.2 Å². The Morgan fingerprint density at radius 3 is 2.69 bits per heavy atom. The van der Waals surface area contributed by atoms with Crippen molar-refractivity contribution in [3.63, 3.8) is 0 Å². The van der Waals surface area contributed by atoms with Crippen molar-refractivity contribution in [1.29, 1.82) is 0 Å². The summed E-state index contributed by atoms with van der Waals surface area (Å²) < 4.78 is 11.7. The van der Waals surface area contributed by atoms with Crippen LogP contribution < -0.4 is 10.1 Å². The van der Waals surface area contributed by atoms with Gasteiger partial charge in [-0.2, -0.15) is 0 Å². The summed E-state index contributed by atoms with van der Waals surface area (Å²) >= 11 is 3.45. The fraction of sp³-hybridized carbons (Fsp3) is 0.375. The summed E-state index contributed by atoms with van der Waals surface area (Å²) in [7, 11) is 0. The van der Waals surface area contributed by atoms with Gasteiger partial charge in [0.25, 0.3) is 5.91 Å². The van der Waals surface area contributed by atoms with Crippen molar-refractivity contribution in [3.8, 4) is 5.75 Å². The third-order valence-corrected chi connectivity index (χ3v) is 5.75. The van der Waals surface area contributed by atoms with E-state index in [1.807, 2.05) is 30.3 Å². The monoisotopic (exact) mass is 502 g/mol. The second kappa shape index (κ2) is 11.7. The van der Waals surface area contributed by atoms with Gasteiger partial charge in [0.1, 0.15) is 18.4 Å². The van der Waals surface area contributed by atoms with Crippen LogP contribution in [0.5, 0.6) is 5.75 Å². The SMILES string of the molecule is CCCCOc1ccc(C(=O)N2CCNC(=O)C2CC(=O)OCc2ccccc2)cc1Br. The average molecular weight is 503 g/mol. The van der Waals surface area contributed by atoms with Gasteiger partial charge in [-0.3, -0.25) is 14.4 Å². The molecule has 1 fully saturated rings. The molecule has 2 aromatic rings. The summed E-state index contributed by atoms with van der Waals surface area (Å²) in [6.45, 7) is 3.45. The van der Waals surface area contributed by atoms with Crippen molar-refractivity contribution in [1.82, 2.24) is 10.2 Å². The predicted octanol–water partition coefficient (Wildman–Crippen LogP) is 3.70. The summed E-state index contributed by atoms with van der Waals surface area (Å²) in [5.74, 6) is -0.552. The zero-order chi connectivity index (χ0) is 22.9. The zero-order valence-electron chi connectivity index (χ0n) is 18.0. The lowest BCUT2D eigenvalue weighted by molar-refractivity contribution is -0.148. The van der Waals surface area contributed by atoms with Gasteiger partial charge in [-0.1, -0.05) is 43.7 Å². The summed E-state index contributed by atoms with van der Waals surface area (Å²) in [6.07, 6.45) is 1.77. The van der Waals surface area contributed by atoms with E-state index in [4.69, 9.17) is 9.47 Å². The molecular formula is C24H27BrN2O5. The number of ether oxygens (including phenoxy) is 2. The minimum Gasteiger partial charge on any atom is -0.492 e. The number of halogens is 1. The maximum Gasteiger partial charge on any atom is 0.308 e. The van der Waals surface area contributed by atoms with E-state index in [9.17, 15) is 14.4 Å². The smallest absolute Gasteiger partial charge is 0.308 e. The highest BCUT2D eigenvalue weighted by Crippen LogP contribution is 2.27. The predicted molar refractivity (Wildman–Crippen MR) is 123 cm³/mol. The number of amides is 2. The Hall–Kier alpha value is -2.87. The molecule has 170 valence electrons. The van der Waals surface area contributed by atoms with Gasteiger partial charge in [0.05, 0.1) is 17.5 Å². The minimum atomic E-state index is -0.918. The van der Waals surface area contributed by atoms with Gasteiger partial charge >= 0.3 is 5.97 Å². The zero-order valence-corrected chi connectivity index (χ0v) is 19.6. The van der Waals surface area contributed by atoms with Crippen LogP contribution in [0, 0.1) is 0 Å². The number of carbonyl (C=O) groups is 3. The summed E-state index contributed by atoms with van der Waals surface area (Å²) in [5, 5.41) is 2.73. The van der Waals surface area contributed by atoms with Crippen LogP contribution >= 0.6 is 15.9 Å². The highest BCUT2D eigenvalue weighted by molar-refractivity contribution is 9.10. The van der Waals surface area contributed by atoms with E-state index in [1.54, 1.807) is 18.2 Å². The first-order chi connectivity index (χ1) is 15.5. The van der Waals surface area contributed by atoms with E-state index in [0.717, 1.165) is 18.4 Å². The standard InChI is InChI=1S/C24H27BrN2O5/c1-2-3-13-31-21-10-9-18(14-19(21)25)24(30)27-12-11-26-23(29)20(27)15-22(28)32-16-17-7-5-4-6-8-17/h4-10,14,20H,2-3,11-13,15-16H2,1H3,(H,26,29). The molecule has 1 atom stereocenters. The third-order valence-electron chi connectivity index (χ3n) is 5.13. The fourth-order valence-corrected chi connectivity index (χ4v) is 3.85. The van der Waals surface area contributed by atoms with Crippen molar-refractivity contribution < 1.29 is 23.9 Å². The molecule has 8 heteroatoms. The van der Waals surface area contributed by atoms with Crippen molar-refractivity contribution in [2.24, 2.45) is 0 Å². The number of rotatable bonds is 9. The van der Waals surface area contributed by atoms with E-state index in [1.165, 1.54) is 4.90 Å². The second-order valence-electron chi connectivity index (χ2n) is 7.50. The summed E-state index contributed by atoms with van der Waals surface area (Å²) in [5.41, 5.74) is 1.27. The largest absolute Gasteiger partial charge is 0.492 e. The molecule has 0 aliphatic carbocycles. The van der Waals surface area contributed by atoms with Crippen LogP contribution in [0.1, 0.15) is 42.1 Å². The van der Waals surface area contributed by atoms with Gasteiger partial charge in [0.15, 0.2) is 0 Å². The third kappa shape index (κ3) is 6.32. The highest BCUT2D eigenvalue weighted by atomic mass is 79.9. The van der Waals surface area contributed by atoms with E-state index in [-0.39, 0.29) is 24.8 Å². The molecule has 1 unspecified atom stereocenters. The molecule has 2 amide bonds. The Morgan fingerprint density at radius 1 is 1.19 bits per heavy atom. The molecule has 1 aliphatic rings. The number of benzene rings is 2. The molecule has 7 nitrogen and oxygen atoms in total. The molecular weight excluding hydrogens is 476 g/mol. The van der Waals surface area contributed by atoms with Gasteiger partial charge in [-0.15, -0.1) is 0 Å². The molecule has 0 aromatic heterocycles. The van der Waals surface area contributed by atoms with E-state index >= 15 is 0 Å². The van der Waals surface area contributed by atoms with Gasteiger partial charge in [-0.05, 0) is 46.1 Å². The van der Waals surface area contributed by atoms with Crippen LogP contribution in [0.4, 0.5) is 0 Å².